The quantitative estimate of drug-likeness (QED) is 0.892. The molecule has 3 heteroatoms. The molecule has 0 aliphatic rings. The first-order chi connectivity index (χ1) is 8.70. The van der Waals surface area contributed by atoms with Crippen molar-refractivity contribution in [2.75, 3.05) is 6.54 Å². The summed E-state index contributed by atoms with van der Waals surface area (Å²) in [5.74, 6) is -0.216. The molecule has 0 fully saturated rings. The first-order valence-corrected chi connectivity index (χ1v) is 6.12. The molecule has 0 spiro atoms. The number of rotatable bonds is 4. The van der Waals surface area contributed by atoms with Crippen LogP contribution in [-0.4, -0.2) is 11.5 Å². The van der Waals surface area contributed by atoms with Gasteiger partial charge in [0.05, 0.1) is 0 Å². The van der Waals surface area contributed by atoms with E-state index in [4.69, 9.17) is 0 Å². The van der Waals surface area contributed by atoms with E-state index in [1.54, 1.807) is 18.5 Å². The summed E-state index contributed by atoms with van der Waals surface area (Å²) in [6.07, 6.45) is 3.57. The molecule has 2 rings (SSSR count). The normalized spacial score (nSPS) is 10.6. The van der Waals surface area contributed by atoms with E-state index in [0.29, 0.717) is 0 Å². The van der Waals surface area contributed by atoms with Crippen LogP contribution in [0.5, 0.6) is 0 Å². The lowest BCUT2D eigenvalue weighted by molar-refractivity contribution is 0.626. The molecule has 94 valence electrons. The van der Waals surface area contributed by atoms with E-state index in [-0.39, 0.29) is 5.82 Å². The SMILES string of the molecule is CCNCc1ccc(F)cc1-c1cncc(C)c1. The monoisotopic (exact) mass is 244 g/mol. The topological polar surface area (TPSA) is 24.9 Å². The van der Waals surface area contributed by atoms with Crippen molar-refractivity contribution in [2.24, 2.45) is 0 Å². The zero-order chi connectivity index (χ0) is 13.0. The van der Waals surface area contributed by atoms with E-state index >= 15 is 0 Å². The number of hydrogen-bond donors (Lipinski definition) is 1. The Kier molecular flexibility index (Phi) is 4.05. The molecule has 2 nitrogen and oxygen atoms in total. The second-order valence-electron chi connectivity index (χ2n) is 4.33. The lowest BCUT2D eigenvalue weighted by Gasteiger charge is -2.10. The van der Waals surface area contributed by atoms with Gasteiger partial charge in [0, 0.05) is 24.5 Å². The smallest absolute Gasteiger partial charge is 0.123 e. The van der Waals surface area contributed by atoms with Crippen LogP contribution in [0.1, 0.15) is 18.1 Å². The van der Waals surface area contributed by atoms with Gasteiger partial charge in [0.1, 0.15) is 5.82 Å². The third-order valence-electron chi connectivity index (χ3n) is 2.82. The predicted molar refractivity (Wildman–Crippen MR) is 71.7 cm³/mol. The fourth-order valence-electron chi connectivity index (χ4n) is 1.93. The van der Waals surface area contributed by atoms with Crippen molar-refractivity contribution in [2.45, 2.75) is 20.4 Å². The summed E-state index contributed by atoms with van der Waals surface area (Å²) in [5, 5.41) is 3.27. The molecule has 0 bridgehead atoms. The zero-order valence-corrected chi connectivity index (χ0v) is 10.7. The second-order valence-corrected chi connectivity index (χ2v) is 4.33. The maximum Gasteiger partial charge on any atom is 0.123 e. The van der Waals surface area contributed by atoms with Crippen molar-refractivity contribution >= 4 is 0 Å². The maximum absolute atomic E-state index is 13.4. The van der Waals surface area contributed by atoms with Crippen molar-refractivity contribution in [3.05, 3.63) is 53.6 Å². The van der Waals surface area contributed by atoms with E-state index < -0.39 is 0 Å². The van der Waals surface area contributed by atoms with Crippen molar-refractivity contribution < 1.29 is 4.39 Å². The van der Waals surface area contributed by atoms with E-state index in [2.05, 4.69) is 17.2 Å². The molecule has 0 amide bonds. The third kappa shape index (κ3) is 2.93. The Morgan fingerprint density at radius 2 is 2.06 bits per heavy atom. The molecule has 1 N–H and O–H groups in total. The zero-order valence-electron chi connectivity index (χ0n) is 10.7. The summed E-state index contributed by atoms with van der Waals surface area (Å²) < 4.78 is 13.4. The Balaban J connectivity index is 2.44. The van der Waals surface area contributed by atoms with Crippen LogP contribution in [0.15, 0.2) is 36.7 Å². The number of benzene rings is 1. The molecule has 0 aliphatic carbocycles. The Labute approximate surface area is 107 Å². The molecule has 1 heterocycles. The van der Waals surface area contributed by atoms with Gasteiger partial charge in [-0.25, -0.2) is 4.39 Å². The van der Waals surface area contributed by atoms with E-state index in [0.717, 1.165) is 35.3 Å². The molecular formula is C15H17FN2. The van der Waals surface area contributed by atoms with Gasteiger partial charge >= 0.3 is 0 Å². The maximum atomic E-state index is 13.4. The predicted octanol–water partition coefficient (Wildman–Crippen LogP) is 3.31. The van der Waals surface area contributed by atoms with Gasteiger partial charge in [-0.2, -0.15) is 0 Å². The standard InChI is InChI=1S/C15H17FN2/c1-3-17-9-12-4-5-14(16)7-15(12)13-6-11(2)8-18-10-13/h4-8,10,17H,3,9H2,1-2H3. The minimum atomic E-state index is -0.216. The average molecular weight is 244 g/mol. The minimum absolute atomic E-state index is 0.216. The van der Waals surface area contributed by atoms with Gasteiger partial charge in [-0.05, 0) is 48.4 Å². The van der Waals surface area contributed by atoms with Crippen LogP contribution in [0, 0.1) is 12.7 Å². The molecule has 0 unspecified atom stereocenters. The van der Waals surface area contributed by atoms with Crippen LogP contribution in [-0.2, 0) is 6.54 Å². The minimum Gasteiger partial charge on any atom is -0.313 e. The van der Waals surface area contributed by atoms with Crippen LogP contribution in [0.25, 0.3) is 11.1 Å². The van der Waals surface area contributed by atoms with Gasteiger partial charge in [-0.1, -0.05) is 13.0 Å². The number of halogens is 1. The first-order valence-electron chi connectivity index (χ1n) is 6.12. The van der Waals surface area contributed by atoms with Crippen LogP contribution in [0.2, 0.25) is 0 Å². The summed E-state index contributed by atoms with van der Waals surface area (Å²) in [7, 11) is 0. The molecule has 2 aromatic rings. The Morgan fingerprint density at radius 1 is 1.22 bits per heavy atom. The fourth-order valence-corrected chi connectivity index (χ4v) is 1.93. The van der Waals surface area contributed by atoms with Crippen molar-refractivity contribution in [3.8, 4) is 11.1 Å². The number of aromatic nitrogens is 1. The number of aryl methyl sites for hydroxylation is 1. The Bertz CT molecular complexity index is 538. The Morgan fingerprint density at radius 3 is 2.78 bits per heavy atom. The molecule has 0 radical (unpaired) electrons. The molecule has 0 aliphatic heterocycles. The molecule has 1 aromatic heterocycles. The van der Waals surface area contributed by atoms with Gasteiger partial charge in [0.25, 0.3) is 0 Å². The van der Waals surface area contributed by atoms with Gasteiger partial charge < -0.3 is 5.32 Å². The lowest BCUT2D eigenvalue weighted by Crippen LogP contribution is -2.12. The van der Waals surface area contributed by atoms with E-state index in [1.807, 2.05) is 19.1 Å². The number of nitrogens with zero attached hydrogens (tertiary/aromatic N) is 1. The lowest BCUT2D eigenvalue weighted by atomic mass is 10.00. The van der Waals surface area contributed by atoms with Crippen molar-refractivity contribution in [1.82, 2.24) is 10.3 Å². The highest BCUT2D eigenvalue weighted by Crippen LogP contribution is 2.24. The number of pyridine rings is 1. The highest BCUT2D eigenvalue weighted by atomic mass is 19.1. The van der Waals surface area contributed by atoms with Gasteiger partial charge in [-0.3, -0.25) is 4.98 Å². The molecule has 0 saturated carbocycles. The molecule has 0 atom stereocenters. The molecular weight excluding hydrogens is 227 g/mol. The molecule has 0 saturated heterocycles. The van der Waals surface area contributed by atoms with Crippen LogP contribution < -0.4 is 5.32 Å². The number of nitrogens with one attached hydrogen (secondary N) is 1. The summed E-state index contributed by atoms with van der Waals surface area (Å²) >= 11 is 0. The summed E-state index contributed by atoms with van der Waals surface area (Å²) in [6, 6.07) is 6.93. The summed E-state index contributed by atoms with van der Waals surface area (Å²) in [4.78, 5) is 4.17. The largest absolute Gasteiger partial charge is 0.313 e. The van der Waals surface area contributed by atoms with Crippen LogP contribution in [0.3, 0.4) is 0 Å². The number of hydrogen-bond acceptors (Lipinski definition) is 2. The van der Waals surface area contributed by atoms with Gasteiger partial charge in [-0.15, -0.1) is 0 Å². The van der Waals surface area contributed by atoms with Gasteiger partial charge in [0.2, 0.25) is 0 Å². The second kappa shape index (κ2) is 5.74. The molecule has 18 heavy (non-hydrogen) atoms. The Hall–Kier alpha value is -1.74. The van der Waals surface area contributed by atoms with Gasteiger partial charge in [0.15, 0.2) is 0 Å². The summed E-state index contributed by atoms with van der Waals surface area (Å²) in [6.45, 7) is 5.67. The van der Waals surface area contributed by atoms with Crippen LogP contribution >= 0.6 is 0 Å². The third-order valence-corrected chi connectivity index (χ3v) is 2.82. The highest BCUT2D eigenvalue weighted by Gasteiger charge is 2.07. The fraction of sp³-hybridized carbons (Fsp3) is 0.267. The summed E-state index contributed by atoms with van der Waals surface area (Å²) in [5.41, 5.74) is 4.03. The average Bonchev–Trinajstić information content (AvgIpc) is 2.37. The van der Waals surface area contributed by atoms with Crippen molar-refractivity contribution in [3.63, 3.8) is 0 Å². The van der Waals surface area contributed by atoms with E-state index in [1.165, 1.54) is 6.07 Å². The van der Waals surface area contributed by atoms with E-state index in [9.17, 15) is 4.39 Å². The first kappa shape index (κ1) is 12.7. The van der Waals surface area contributed by atoms with Crippen LogP contribution in [0.4, 0.5) is 4.39 Å². The molecule has 1 aromatic carbocycles. The van der Waals surface area contributed by atoms with Crippen molar-refractivity contribution in [1.29, 1.82) is 0 Å². The highest BCUT2D eigenvalue weighted by molar-refractivity contribution is 5.67.